The molecule has 1 aromatic heterocycles. The lowest BCUT2D eigenvalue weighted by Crippen LogP contribution is -2.01. The highest BCUT2D eigenvalue weighted by Gasteiger charge is 2.03. The molecule has 0 radical (unpaired) electrons. The number of fused-ring (bicyclic) bond motifs is 1. The second-order valence-corrected chi connectivity index (χ2v) is 6.25. The Balaban J connectivity index is 1.68. The molecule has 5 heteroatoms. The number of ether oxygens (including phenoxy) is 1. The zero-order valence-electron chi connectivity index (χ0n) is 10.5. The summed E-state index contributed by atoms with van der Waals surface area (Å²) >= 11 is 3.48. The van der Waals surface area contributed by atoms with Gasteiger partial charge in [-0.05, 0) is 25.0 Å². The average Bonchev–Trinajstić information content (AvgIpc) is 2.84. The summed E-state index contributed by atoms with van der Waals surface area (Å²) < 4.78 is 7.24. The topological polar surface area (TPSA) is 39.2 Å². The summed E-state index contributed by atoms with van der Waals surface area (Å²) in [6.07, 6.45) is 3.07. The van der Waals surface area contributed by atoms with E-state index in [-0.39, 0.29) is 5.97 Å². The first-order chi connectivity index (χ1) is 9.29. The van der Waals surface area contributed by atoms with E-state index in [0.717, 1.165) is 28.5 Å². The van der Waals surface area contributed by atoms with E-state index in [9.17, 15) is 4.79 Å². The summed E-state index contributed by atoms with van der Waals surface area (Å²) in [6, 6.07) is 8.16. The third kappa shape index (κ3) is 4.36. The number of aromatic nitrogens is 1. The molecule has 2 rings (SSSR count). The Morgan fingerprint density at radius 2 is 2.26 bits per heavy atom. The molecule has 0 fully saturated rings. The van der Waals surface area contributed by atoms with Crippen LogP contribution in [0.2, 0.25) is 0 Å². The van der Waals surface area contributed by atoms with Gasteiger partial charge in [-0.3, -0.25) is 0 Å². The Kier molecular flexibility index (Phi) is 5.42. The fourth-order valence-corrected chi connectivity index (χ4v) is 3.65. The third-order valence-electron chi connectivity index (χ3n) is 2.45. The van der Waals surface area contributed by atoms with E-state index in [4.69, 9.17) is 4.74 Å². The molecule has 3 nitrogen and oxygen atoms in total. The zero-order chi connectivity index (χ0) is 13.5. The van der Waals surface area contributed by atoms with Gasteiger partial charge in [-0.25, -0.2) is 9.78 Å². The van der Waals surface area contributed by atoms with Crippen LogP contribution in [0.5, 0.6) is 0 Å². The van der Waals surface area contributed by atoms with Crippen LogP contribution >= 0.6 is 23.1 Å². The molecule has 0 aliphatic heterocycles. The lowest BCUT2D eigenvalue weighted by Gasteiger charge is -2.00. The molecule has 0 aliphatic carbocycles. The minimum Gasteiger partial charge on any atom is -0.463 e. The molecule has 0 aliphatic rings. The van der Waals surface area contributed by atoms with Crippen LogP contribution in [-0.4, -0.2) is 23.3 Å². The average molecular weight is 293 g/mol. The first-order valence-corrected chi connectivity index (χ1v) is 7.87. The maximum Gasteiger partial charge on any atom is 0.330 e. The number of rotatable bonds is 7. The van der Waals surface area contributed by atoms with Gasteiger partial charge in [-0.2, -0.15) is 0 Å². The Hall–Kier alpha value is -1.33. The Labute approximate surface area is 120 Å². The van der Waals surface area contributed by atoms with E-state index < -0.39 is 0 Å². The lowest BCUT2D eigenvalue weighted by atomic mass is 10.3. The zero-order valence-corrected chi connectivity index (χ0v) is 12.1. The number of carbonyl (C=O) groups excluding carboxylic acids is 1. The maximum absolute atomic E-state index is 10.8. The number of benzene rings is 1. The largest absolute Gasteiger partial charge is 0.463 e. The first-order valence-electron chi connectivity index (χ1n) is 6.07. The number of para-hydroxylation sites is 1. The van der Waals surface area contributed by atoms with E-state index in [1.54, 1.807) is 23.1 Å². The second kappa shape index (κ2) is 7.31. The predicted molar refractivity (Wildman–Crippen MR) is 80.7 cm³/mol. The number of hydrogen-bond donors (Lipinski definition) is 0. The van der Waals surface area contributed by atoms with E-state index in [2.05, 4.69) is 17.6 Å². The third-order valence-corrected chi connectivity index (χ3v) is 4.72. The molecule has 0 amide bonds. The van der Waals surface area contributed by atoms with Crippen LogP contribution in [0.4, 0.5) is 0 Å². The van der Waals surface area contributed by atoms with Gasteiger partial charge in [0.25, 0.3) is 0 Å². The first kappa shape index (κ1) is 14.1. The van der Waals surface area contributed by atoms with Crippen LogP contribution in [0.15, 0.2) is 41.3 Å². The molecule has 0 spiro atoms. The summed E-state index contributed by atoms with van der Waals surface area (Å²) in [7, 11) is 0. The van der Waals surface area contributed by atoms with Crippen LogP contribution in [0.25, 0.3) is 10.2 Å². The number of nitrogens with zero attached hydrogens (tertiary/aromatic N) is 1. The predicted octanol–water partition coefficient (Wildman–Crippen LogP) is 3.90. The fourth-order valence-electron chi connectivity index (χ4n) is 1.51. The Morgan fingerprint density at radius 3 is 3.05 bits per heavy atom. The Bertz CT molecular complexity index is 532. The van der Waals surface area contributed by atoms with Crippen molar-refractivity contribution in [1.82, 2.24) is 4.98 Å². The van der Waals surface area contributed by atoms with Gasteiger partial charge in [-0.1, -0.05) is 30.5 Å². The highest BCUT2D eigenvalue weighted by Crippen LogP contribution is 2.29. The van der Waals surface area contributed by atoms with Crippen LogP contribution in [0.3, 0.4) is 0 Å². The monoisotopic (exact) mass is 293 g/mol. The molecule has 1 heterocycles. The van der Waals surface area contributed by atoms with Gasteiger partial charge in [0.1, 0.15) is 0 Å². The van der Waals surface area contributed by atoms with Gasteiger partial charge in [-0.15, -0.1) is 11.3 Å². The van der Waals surface area contributed by atoms with Gasteiger partial charge in [0.05, 0.1) is 16.8 Å². The van der Waals surface area contributed by atoms with E-state index in [1.165, 1.54) is 10.8 Å². The number of thioether (sulfide) groups is 1. The SMILES string of the molecule is C=CC(=O)OCCCCSc1nc2ccccc2s1. The van der Waals surface area contributed by atoms with Crippen molar-refractivity contribution in [2.45, 2.75) is 17.2 Å². The number of hydrogen-bond acceptors (Lipinski definition) is 5. The van der Waals surface area contributed by atoms with Crippen molar-refractivity contribution in [3.8, 4) is 0 Å². The molecule has 0 atom stereocenters. The van der Waals surface area contributed by atoms with Crippen molar-refractivity contribution >= 4 is 39.3 Å². The van der Waals surface area contributed by atoms with Crippen molar-refractivity contribution in [2.24, 2.45) is 0 Å². The van der Waals surface area contributed by atoms with E-state index in [0.29, 0.717) is 6.61 Å². The molecule has 0 unspecified atom stereocenters. The van der Waals surface area contributed by atoms with Gasteiger partial charge >= 0.3 is 5.97 Å². The summed E-state index contributed by atoms with van der Waals surface area (Å²) in [6.45, 7) is 3.81. The van der Waals surface area contributed by atoms with Crippen molar-refractivity contribution in [1.29, 1.82) is 0 Å². The quantitative estimate of drug-likeness (QED) is 0.336. The molecule has 100 valence electrons. The molecule has 19 heavy (non-hydrogen) atoms. The molecule has 0 saturated carbocycles. The molecule has 0 N–H and O–H groups in total. The summed E-state index contributed by atoms with van der Waals surface area (Å²) in [5, 5.41) is 0. The molecular weight excluding hydrogens is 278 g/mol. The molecule has 0 bridgehead atoms. The highest BCUT2D eigenvalue weighted by molar-refractivity contribution is 8.01. The summed E-state index contributed by atoms with van der Waals surface area (Å²) in [5.74, 6) is 0.643. The van der Waals surface area contributed by atoms with Crippen molar-refractivity contribution < 1.29 is 9.53 Å². The molecule has 0 saturated heterocycles. The minimum atomic E-state index is -0.348. The van der Waals surface area contributed by atoms with Gasteiger partial charge in [0, 0.05) is 11.8 Å². The highest BCUT2D eigenvalue weighted by atomic mass is 32.2. The van der Waals surface area contributed by atoms with Gasteiger partial charge < -0.3 is 4.74 Å². The van der Waals surface area contributed by atoms with Crippen molar-refractivity contribution in [3.05, 3.63) is 36.9 Å². The fraction of sp³-hybridized carbons (Fsp3) is 0.286. The number of unbranched alkanes of at least 4 members (excludes halogenated alkanes) is 1. The Morgan fingerprint density at radius 1 is 1.42 bits per heavy atom. The number of carbonyl (C=O) groups is 1. The van der Waals surface area contributed by atoms with Crippen LogP contribution in [0.1, 0.15) is 12.8 Å². The van der Waals surface area contributed by atoms with Crippen LogP contribution in [-0.2, 0) is 9.53 Å². The summed E-state index contributed by atoms with van der Waals surface area (Å²) in [5.41, 5.74) is 1.06. The van der Waals surface area contributed by atoms with Gasteiger partial charge in [0.15, 0.2) is 4.34 Å². The second-order valence-electron chi connectivity index (χ2n) is 3.87. The maximum atomic E-state index is 10.8. The molecule has 1 aromatic carbocycles. The normalized spacial score (nSPS) is 10.5. The minimum absolute atomic E-state index is 0.348. The smallest absolute Gasteiger partial charge is 0.330 e. The van der Waals surface area contributed by atoms with E-state index >= 15 is 0 Å². The standard InChI is InChI=1S/C14H15NO2S2/c1-2-13(16)17-9-5-6-10-18-14-15-11-7-3-4-8-12(11)19-14/h2-4,7-8H,1,5-6,9-10H2. The van der Waals surface area contributed by atoms with Crippen molar-refractivity contribution in [2.75, 3.05) is 12.4 Å². The number of thiazole rings is 1. The molecule has 2 aromatic rings. The number of esters is 1. The van der Waals surface area contributed by atoms with Crippen molar-refractivity contribution in [3.63, 3.8) is 0 Å². The summed E-state index contributed by atoms with van der Waals surface area (Å²) in [4.78, 5) is 15.4. The van der Waals surface area contributed by atoms with Crippen LogP contribution < -0.4 is 0 Å². The van der Waals surface area contributed by atoms with E-state index in [1.807, 2.05) is 18.2 Å². The van der Waals surface area contributed by atoms with Gasteiger partial charge in [0.2, 0.25) is 0 Å². The molecular formula is C14H15NO2S2. The lowest BCUT2D eigenvalue weighted by molar-refractivity contribution is -0.137. The van der Waals surface area contributed by atoms with Crippen LogP contribution in [0, 0.1) is 0 Å².